The molecule has 0 saturated heterocycles. The van der Waals surface area contributed by atoms with E-state index in [1.807, 2.05) is 30.1 Å². The first kappa shape index (κ1) is 15.8. The minimum atomic E-state index is -0.00447. The van der Waals surface area contributed by atoms with Crippen LogP contribution in [0.2, 0.25) is 5.02 Å². The number of hydrogen-bond acceptors (Lipinski definition) is 3. The Morgan fingerprint density at radius 2 is 2.16 bits per heavy atom. The zero-order chi connectivity index (χ0) is 14.4. The summed E-state index contributed by atoms with van der Waals surface area (Å²) < 4.78 is 0. The van der Waals surface area contributed by atoms with Gasteiger partial charge in [0.25, 0.3) is 0 Å². The lowest BCUT2D eigenvalue weighted by Gasteiger charge is -2.20. The van der Waals surface area contributed by atoms with E-state index in [-0.39, 0.29) is 12.5 Å². The average molecular weight is 284 g/mol. The van der Waals surface area contributed by atoms with Gasteiger partial charge >= 0.3 is 0 Å². The first-order valence-corrected chi connectivity index (χ1v) is 6.78. The SMILES string of the molecule is CC(C)CNC(=O)CN(C)c1ccc(CN)cc1Cl. The average Bonchev–Trinajstić information content (AvgIpc) is 2.35. The summed E-state index contributed by atoms with van der Waals surface area (Å²) in [4.78, 5) is 13.6. The number of rotatable bonds is 6. The fraction of sp³-hybridized carbons (Fsp3) is 0.500. The fourth-order valence-electron chi connectivity index (χ4n) is 1.66. The Morgan fingerprint density at radius 3 is 2.68 bits per heavy atom. The van der Waals surface area contributed by atoms with Crippen LogP contribution in [0.4, 0.5) is 5.69 Å². The van der Waals surface area contributed by atoms with Gasteiger partial charge in [-0.15, -0.1) is 0 Å². The summed E-state index contributed by atoms with van der Waals surface area (Å²) in [7, 11) is 1.85. The van der Waals surface area contributed by atoms with Crippen LogP contribution in [0, 0.1) is 5.92 Å². The molecule has 0 fully saturated rings. The van der Waals surface area contributed by atoms with Crippen molar-refractivity contribution in [2.24, 2.45) is 11.7 Å². The molecule has 0 heterocycles. The van der Waals surface area contributed by atoms with E-state index < -0.39 is 0 Å². The molecule has 0 saturated carbocycles. The van der Waals surface area contributed by atoms with Crippen LogP contribution < -0.4 is 16.0 Å². The molecular weight excluding hydrogens is 262 g/mol. The molecule has 0 aliphatic rings. The highest BCUT2D eigenvalue weighted by atomic mass is 35.5. The number of benzene rings is 1. The summed E-state index contributed by atoms with van der Waals surface area (Å²) in [6.07, 6.45) is 0. The predicted octanol–water partition coefficient (Wildman–Crippen LogP) is 2.01. The summed E-state index contributed by atoms with van der Waals surface area (Å²) in [5.41, 5.74) is 7.37. The van der Waals surface area contributed by atoms with Gasteiger partial charge in [0.1, 0.15) is 0 Å². The lowest BCUT2D eigenvalue weighted by Crippen LogP contribution is -2.36. The van der Waals surface area contributed by atoms with Crippen molar-refractivity contribution in [3.8, 4) is 0 Å². The van der Waals surface area contributed by atoms with E-state index >= 15 is 0 Å². The van der Waals surface area contributed by atoms with Crippen molar-refractivity contribution in [2.45, 2.75) is 20.4 Å². The molecule has 0 bridgehead atoms. The maximum Gasteiger partial charge on any atom is 0.239 e. The van der Waals surface area contributed by atoms with Crippen molar-refractivity contribution in [3.05, 3.63) is 28.8 Å². The van der Waals surface area contributed by atoms with Crippen LogP contribution in [0.15, 0.2) is 18.2 Å². The third-order valence-corrected chi connectivity index (χ3v) is 3.05. The molecule has 3 N–H and O–H groups in total. The van der Waals surface area contributed by atoms with Gasteiger partial charge in [0.2, 0.25) is 5.91 Å². The fourth-order valence-corrected chi connectivity index (χ4v) is 2.01. The number of nitrogens with zero attached hydrogens (tertiary/aromatic N) is 1. The molecule has 1 amide bonds. The van der Waals surface area contributed by atoms with E-state index in [1.54, 1.807) is 0 Å². The molecule has 0 aliphatic carbocycles. The molecule has 0 aromatic heterocycles. The minimum absolute atomic E-state index is 0.00447. The highest BCUT2D eigenvalue weighted by Crippen LogP contribution is 2.25. The lowest BCUT2D eigenvalue weighted by atomic mass is 10.2. The largest absolute Gasteiger partial charge is 0.364 e. The smallest absolute Gasteiger partial charge is 0.239 e. The van der Waals surface area contributed by atoms with Crippen LogP contribution in [0.25, 0.3) is 0 Å². The number of halogens is 1. The topological polar surface area (TPSA) is 58.4 Å². The number of nitrogens with one attached hydrogen (secondary N) is 1. The van der Waals surface area contributed by atoms with E-state index in [0.717, 1.165) is 11.3 Å². The molecule has 0 radical (unpaired) electrons. The highest BCUT2D eigenvalue weighted by molar-refractivity contribution is 6.33. The molecule has 5 heteroatoms. The van der Waals surface area contributed by atoms with E-state index in [2.05, 4.69) is 19.2 Å². The van der Waals surface area contributed by atoms with Gasteiger partial charge in [-0.25, -0.2) is 0 Å². The van der Waals surface area contributed by atoms with Crippen molar-refractivity contribution in [2.75, 3.05) is 25.0 Å². The van der Waals surface area contributed by atoms with Crippen molar-refractivity contribution in [3.63, 3.8) is 0 Å². The Hall–Kier alpha value is -1.26. The molecule has 1 rings (SSSR count). The Bertz CT molecular complexity index is 435. The second-order valence-electron chi connectivity index (χ2n) is 5.04. The third-order valence-electron chi connectivity index (χ3n) is 2.75. The number of anilines is 1. The number of nitrogens with two attached hydrogens (primary N) is 1. The lowest BCUT2D eigenvalue weighted by molar-refractivity contribution is -0.119. The Morgan fingerprint density at radius 1 is 1.47 bits per heavy atom. The molecule has 0 atom stereocenters. The van der Waals surface area contributed by atoms with Gasteiger partial charge in [-0.1, -0.05) is 31.5 Å². The molecule has 0 unspecified atom stereocenters. The van der Waals surface area contributed by atoms with Crippen molar-refractivity contribution < 1.29 is 4.79 Å². The molecular formula is C14H22ClN3O. The molecule has 106 valence electrons. The summed E-state index contributed by atoms with van der Waals surface area (Å²) in [6, 6.07) is 5.64. The molecule has 4 nitrogen and oxygen atoms in total. The van der Waals surface area contributed by atoms with Crippen molar-refractivity contribution >= 4 is 23.2 Å². The van der Waals surface area contributed by atoms with Crippen LogP contribution in [-0.2, 0) is 11.3 Å². The first-order valence-electron chi connectivity index (χ1n) is 6.40. The zero-order valence-electron chi connectivity index (χ0n) is 11.7. The van der Waals surface area contributed by atoms with E-state index in [9.17, 15) is 4.79 Å². The number of amides is 1. The van der Waals surface area contributed by atoms with Gasteiger partial charge in [-0.05, 0) is 23.6 Å². The standard InChI is InChI=1S/C14H22ClN3O/c1-10(2)8-17-14(19)9-18(3)13-5-4-11(7-16)6-12(13)15/h4-6,10H,7-9,16H2,1-3H3,(H,17,19). The summed E-state index contributed by atoms with van der Waals surface area (Å²) >= 11 is 6.19. The van der Waals surface area contributed by atoms with Gasteiger partial charge in [0.15, 0.2) is 0 Å². The number of likely N-dealkylation sites (N-methyl/N-ethyl adjacent to an activating group) is 1. The van der Waals surface area contributed by atoms with Crippen LogP contribution in [0.3, 0.4) is 0 Å². The third kappa shape index (κ3) is 5.09. The van der Waals surface area contributed by atoms with Crippen LogP contribution >= 0.6 is 11.6 Å². The molecule has 0 spiro atoms. The number of carbonyl (C=O) groups is 1. The Balaban J connectivity index is 2.62. The van der Waals surface area contributed by atoms with E-state index in [4.69, 9.17) is 17.3 Å². The number of hydrogen-bond donors (Lipinski definition) is 2. The monoisotopic (exact) mass is 283 g/mol. The molecule has 0 aliphatic heterocycles. The van der Waals surface area contributed by atoms with Crippen LogP contribution in [0.5, 0.6) is 0 Å². The Labute approximate surface area is 119 Å². The molecule has 1 aromatic rings. The minimum Gasteiger partial charge on any atom is -0.364 e. The van der Waals surface area contributed by atoms with Gasteiger partial charge in [0, 0.05) is 20.1 Å². The van der Waals surface area contributed by atoms with Crippen molar-refractivity contribution in [1.29, 1.82) is 0 Å². The maximum absolute atomic E-state index is 11.7. The normalized spacial score (nSPS) is 10.6. The Kier molecular flexibility index (Phi) is 6.12. The summed E-state index contributed by atoms with van der Waals surface area (Å²) in [5, 5.41) is 3.49. The first-order chi connectivity index (χ1) is 8.93. The van der Waals surface area contributed by atoms with Crippen LogP contribution in [-0.4, -0.2) is 26.0 Å². The van der Waals surface area contributed by atoms with E-state index in [1.165, 1.54) is 0 Å². The molecule has 1 aromatic carbocycles. The van der Waals surface area contributed by atoms with Gasteiger partial charge in [-0.3, -0.25) is 4.79 Å². The van der Waals surface area contributed by atoms with Gasteiger partial charge < -0.3 is 16.0 Å². The van der Waals surface area contributed by atoms with Gasteiger partial charge in [0.05, 0.1) is 17.3 Å². The van der Waals surface area contributed by atoms with Crippen LogP contribution in [0.1, 0.15) is 19.4 Å². The van der Waals surface area contributed by atoms with Crippen molar-refractivity contribution in [1.82, 2.24) is 5.32 Å². The van der Waals surface area contributed by atoms with Gasteiger partial charge in [-0.2, -0.15) is 0 Å². The maximum atomic E-state index is 11.7. The zero-order valence-corrected chi connectivity index (χ0v) is 12.5. The highest BCUT2D eigenvalue weighted by Gasteiger charge is 2.11. The summed E-state index contributed by atoms with van der Waals surface area (Å²) in [6.45, 7) is 5.55. The van der Waals surface area contributed by atoms with E-state index in [0.29, 0.717) is 24.0 Å². The second kappa shape index (κ2) is 7.36. The molecule has 19 heavy (non-hydrogen) atoms. The summed E-state index contributed by atoms with van der Waals surface area (Å²) in [5.74, 6) is 0.442. The number of carbonyl (C=O) groups excluding carboxylic acids is 1. The second-order valence-corrected chi connectivity index (χ2v) is 5.45. The quantitative estimate of drug-likeness (QED) is 0.840. The predicted molar refractivity (Wildman–Crippen MR) is 80.5 cm³/mol.